The van der Waals surface area contributed by atoms with E-state index in [4.69, 9.17) is 13.9 Å². The molecule has 0 saturated carbocycles. The number of aryl methyl sites for hydroxylation is 1. The molecule has 41 heavy (non-hydrogen) atoms. The van der Waals surface area contributed by atoms with Crippen molar-refractivity contribution in [3.8, 4) is 16.9 Å². The van der Waals surface area contributed by atoms with Crippen LogP contribution in [-0.2, 0) is 20.8 Å². The zero-order valence-corrected chi connectivity index (χ0v) is 24.4. The minimum atomic E-state index is -2.69. The first-order valence-corrected chi connectivity index (χ1v) is 14.3. The predicted molar refractivity (Wildman–Crippen MR) is 159 cm³/mol. The van der Waals surface area contributed by atoms with Gasteiger partial charge in [0.05, 0.1) is 19.1 Å². The minimum Gasteiger partial charge on any atom is -0.755 e. The number of benzene rings is 3. The topological polar surface area (TPSA) is 121 Å². The van der Waals surface area contributed by atoms with Crippen LogP contribution in [0.15, 0.2) is 71.1 Å². The lowest BCUT2D eigenvalue weighted by Crippen LogP contribution is -2.46. The van der Waals surface area contributed by atoms with Crippen LogP contribution in [0, 0.1) is 12.8 Å². The van der Waals surface area contributed by atoms with Crippen LogP contribution < -0.4 is 14.4 Å². The number of nitrogens with one attached hydrogen (secondary N) is 1. The summed E-state index contributed by atoms with van der Waals surface area (Å²) >= 11 is -2.69. The third-order valence-electron chi connectivity index (χ3n) is 6.67. The maximum absolute atomic E-state index is 13.1. The number of nitrogens with zero attached hydrogens (tertiary/aromatic N) is 1. The van der Waals surface area contributed by atoms with Gasteiger partial charge in [-0.1, -0.05) is 51.1 Å². The Labute approximate surface area is 241 Å². The van der Waals surface area contributed by atoms with E-state index in [-0.39, 0.29) is 17.6 Å². The van der Waals surface area contributed by atoms with Gasteiger partial charge >= 0.3 is 5.97 Å². The third kappa shape index (κ3) is 6.44. The van der Waals surface area contributed by atoms with E-state index >= 15 is 0 Å². The Balaban J connectivity index is 1.51. The van der Waals surface area contributed by atoms with Gasteiger partial charge in [-0.3, -0.25) is 13.3 Å². The van der Waals surface area contributed by atoms with Crippen molar-refractivity contribution in [1.82, 2.24) is 0 Å². The second-order valence-electron chi connectivity index (χ2n) is 9.87. The molecule has 0 fully saturated rings. The molecule has 9 nitrogen and oxygen atoms in total. The summed E-state index contributed by atoms with van der Waals surface area (Å²) in [6.45, 7) is 7.95. The van der Waals surface area contributed by atoms with Crippen molar-refractivity contribution < 1.29 is 32.2 Å². The number of anilines is 2. The molecule has 0 aliphatic carbocycles. The summed E-state index contributed by atoms with van der Waals surface area (Å²) < 4.78 is 41.7. The van der Waals surface area contributed by atoms with E-state index in [1.54, 1.807) is 50.2 Å². The maximum Gasteiger partial charge on any atom is 0.329 e. The Bertz CT molecular complexity index is 1550. The van der Waals surface area contributed by atoms with Gasteiger partial charge < -0.3 is 23.8 Å². The van der Waals surface area contributed by atoms with E-state index in [2.05, 4.69) is 5.32 Å². The molecule has 0 spiro atoms. The number of amides is 1. The summed E-state index contributed by atoms with van der Waals surface area (Å²) in [4.78, 5) is 25.4. The van der Waals surface area contributed by atoms with Crippen LogP contribution in [-0.4, -0.2) is 40.4 Å². The van der Waals surface area contributed by atoms with E-state index in [9.17, 15) is 18.4 Å². The molecule has 2 unspecified atom stereocenters. The Morgan fingerprint density at radius 1 is 1.02 bits per heavy atom. The van der Waals surface area contributed by atoms with E-state index < -0.39 is 23.3 Å². The van der Waals surface area contributed by atoms with Crippen LogP contribution in [0.25, 0.3) is 22.1 Å². The monoisotopic (exact) mass is 577 g/mol. The summed E-state index contributed by atoms with van der Waals surface area (Å²) in [5, 5.41) is 3.67. The fraction of sp³-hybridized carbons (Fsp3) is 0.290. The normalized spacial score (nSPS) is 12.7. The van der Waals surface area contributed by atoms with Crippen molar-refractivity contribution in [2.45, 2.75) is 40.2 Å². The fourth-order valence-electron chi connectivity index (χ4n) is 4.65. The molecular formula is C31H33N2O7S-. The van der Waals surface area contributed by atoms with Crippen LogP contribution in [0.3, 0.4) is 0 Å². The third-order valence-corrected chi connectivity index (χ3v) is 7.43. The quantitative estimate of drug-likeness (QED) is 0.165. The first kappa shape index (κ1) is 29.8. The molecule has 2 atom stereocenters. The lowest BCUT2D eigenvalue weighted by molar-refractivity contribution is -0.142. The number of methoxy groups -OCH3 is 1. The number of furan rings is 1. The summed E-state index contributed by atoms with van der Waals surface area (Å²) in [5.74, 6) is -0.390. The molecule has 4 rings (SSSR count). The van der Waals surface area contributed by atoms with Crippen LogP contribution in [0.1, 0.15) is 43.3 Å². The van der Waals surface area contributed by atoms with Crippen LogP contribution in [0.4, 0.5) is 11.4 Å². The Hall–Kier alpha value is -4.15. The van der Waals surface area contributed by atoms with Crippen molar-refractivity contribution >= 4 is 45.5 Å². The second-order valence-corrected chi connectivity index (χ2v) is 10.7. The SMILES string of the molecule is CCCOc1cccc2oc(C(=O)Nc3ccc(-c4ccc(N(C(C(=O)OC)C(C)C)S(=O)[O-])cc4)cc3)c(C)c12. The zero-order valence-electron chi connectivity index (χ0n) is 23.6. The van der Waals surface area contributed by atoms with Crippen LogP contribution in [0.5, 0.6) is 5.75 Å². The van der Waals surface area contributed by atoms with Gasteiger partial charge in [0.1, 0.15) is 17.4 Å². The number of carbonyl (C=O) groups is 2. The first-order valence-electron chi connectivity index (χ1n) is 13.3. The fourth-order valence-corrected chi connectivity index (χ4v) is 5.46. The lowest BCUT2D eigenvalue weighted by Gasteiger charge is -2.35. The molecule has 0 radical (unpaired) electrons. The van der Waals surface area contributed by atoms with E-state index in [0.29, 0.717) is 34.9 Å². The first-order chi connectivity index (χ1) is 19.7. The average Bonchev–Trinajstić information content (AvgIpc) is 3.31. The van der Waals surface area contributed by atoms with Crippen molar-refractivity contribution in [1.29, 1.82) is 0 Å². The van der Waals surface area contributed by atoms with Gasteiger partial charge in [0.15, 0.2) is 5.76 Å². The summed E-state index contributed by atoms with van der Waals surface area (Å²) in [6.07, 6.45) is 0.869. The zero-order chi connectivity index (χ0) is 29.7. The highest BCUT2D eigenvalue weighted by atomic mass is 32.2. The predicted octanol–water partition coefficient (Wildman–Crippen LogP) is 6.25. The molecule has 0 aliphatic heterocycles. The average molecular weight is 578 g/mol. The second kappa shape index (κ2) is 13.0. The number of esters is 1. The molecule has 0 bridgehead atoms. The van der Waals surface area contributed by atoms with E-state index in [1.807, 2.05) is 44.2 Å². The molecule has 4 aromatic rings. The number of rotatable bonds is 11. The minimum absolute atomic E-state index is 0.221. The molecule has 3 aromatic carbocycles. The Morgan fingerprint density at radius 2 is 1.66 bits per heavy atom. The van der Waals surface area contributed by atoms with E-state index in [0.717, 1.165) is 27.2 Å². The summed E-state index contributed by atoms with van der Waals surface area (Å²) in [5.41, 5.74) is 3.92. The molecule has 10 heteroatoms. The standard InChI is InChI=1S/C31H34N2O7S/c1-6-18-39-25-8-7-9-26-27(25)20(4)29(40-26)30(34)32-23-14-10-21(11-15-23)22-12-16-24(17-13-22)33(41(36)37)28(19(2)3)31(35)38-5/h7-17,19,28H,6,18H2,1-5H3,(H,32,34)(H,36,37)/p-1. The highest BCUT2D eigenvalue weighted by Gasteiger charge is 2.31. The number of ether oxygens (including phenoxy) is 2. The van der Waals surface area contributed by atoms with Crippen molar-refractivity contribution in [2.75, 3.05) is 23.3 Å². The van der Waals surface area contributed by atoms with E-state index in [1.165, 1.54) is 7.11 Å². The maximum atomic E-state index is 13.1. The molecule has 0 saturated heterocycles. The largest absolute Gasteiger partial charge is 0.755 e. The van der Waals surface area contributed by atoms with Gasteiger partial charge in [-0.2, -0.15) is 0 Å². The molecular weight excluding hydrogens is 544 g/mol. The Kier molecular flexibility index (Phi) is 9.46. The van der Waals surface area contributed by atoms with Gasteiger partial charge in [0.2, 0.25) is 0 Å². The molecule has 1 heterocycles. The molecule has 1 aromatic heterocycles. The van der Waals surface area contributed by atoms with Crippen molar-refractivity contribution in [3.63, 3.8) is 0 Å². The highest BCUT2D eigenvalue weighted by molar-refractivity contribution is 7.80. The molecule has 216 valence electrons. The summed E-state index contributed by atoms with van der Waals surface area (Å²) in [6, 6.07) is 18.6. The molecule has 1 N–H and O–H groups in total. The number of carbonyl (C=O) groups excluding carboxylic acids is 2. The smallest absolute Gasteiger partial charge is 0.329 e. The highest BCUT2D eigenvalue weighted by Crippen LogP contribution is 2.34. The van der Waals surface area contributed by atoms with Gasteiger partial charge in [-0.05, 0) is 66.8 Å². The van der Waals surface area contributed by atoms with Crippen LogP contribution in [0.2, 0.25) is 0 Å². The number of fused-ring (bicyclic) bond motifs is 1. The van der Waals surface area contributed by atoms with Gasteiger partial charge in [-0.25, -0.2) is 4.79 Å². The summed E-state index contributed by atoms with van der Waals surface area (Å²) in [7, 11) is 1.23. The van der Waals surface area contributed by atoms with Crippen molar-refractivity contribution in [3.05, 3.63) is 78.1 Å². The van der Waals surface area contributed by atoms with Gasteiger partial charge in [-0.15, -0.1) is 0 Å². The Morgan fingerprint density at radius 3 is 2.22 bits per heavy atom. The van der Waals surface area contributed by atoms with Gasteiger partial charge in [0, 0.05) is 28.2 Å². The van der Waals surface area contributed by atoms with Crippen molar-refractivity contribution in [2.24, 2.45) is 5.92 Å². The van der Waals surface area contributed by atoms with Crippen LogP contribution >= 0.6 is 0 Å². The van der Waals surface area contributed by atoms with Gasteiger partial charge in [0.25, 0.3) is 5.91 Å². The molecule has 1 amide bonds. The molecule has 0 aliphatic rings. The number of hydrogen-bond acceptors (Lipinski definition) is 7. The number of hydrogen-bond donors (Lipinski definition) is 1. The lowest BCUT2D eigenvalue weighted by atomic mass is 10.0.